The van der Waals surface area contributed by atoms with Crippen molar-refractivity contribution in [2.45, 2.75) is 45.1 Å². The molecule has 6 nitrogen and oxygen atoms in total. The van der Waals surface area contributed by atoms with E-state index in [1.54, 1.807) is 14.2 Å². The van der Waals surface area contributed by atoms with Gasteiger partial charge in [0.25, 0.3) is 0 Å². The monoisotopic (exact) mass is 370 g/mol. The predicted octanol–water partition coefficient (Wildman–Crippen LogP) is 3.44. The molecule has 1 aliphatic heterocycles. The zero-order chi connectivity index (χ0) is 19.2. The molecule has 1 aromatic heterocycles. The molecule has 1 saturated heterocycles. The lowest BCUT2D eigenvalue weighted by Gasteiger charge is -2.42. The number of aromatic nitrogens is 2. The lowest BCUT2D eigenvalue weighted by molar-refractivity contribution is 0.128. The molecule has 2 fully saturated rings. The molecule has 4 rings (SSSR count). The molecule has 1 aliphatic carbocycles. The van der Waals surface area contributed by atoms with Crippen LogP contribution in [0.1, 0.15) is 45.4 Å². The number of piperazine rings is 1. The molecule has 2 heterocycles. The number of hydrogen-bond acceptors (Lipinski definition) is 6. The van der Waals surface area contributed by atoms with Gasteiger partial charge in [-0.3, -0.25) is 4.90 Å². The second kappa shape index (κ2) is 6.82. The van der Waals surface area contributed by atoms with E-state index in [2.05, 4.69) is 30.6 Å². The molecule has 1 saturated carbocycles. The predicted molar refractivity (Wildman–Crippen MR) is 108 cm³/mol. The van der Waals surface area contributed by atoms with Crippen molar-refractivity contribution in [1.82, 2.24) is 14.9 Å². The van der Waals surface area contributed by atoms with Gasteiger partial charge in [-0.25, -0.2) is 9.97 Å². The second-order valence-electron chi connectivity index (χ2n) is 8.55. The first-order chi connectivity index (χ1) is 12.9. The fourth-order valence-corrected chi connectivity index (χ4v) is 3.81. The average molecular weight is 370 g/mol. The maximum atomic E-state index is 5.53. The highest BCUT2D eigenvalue weighted by molar-refractivity contribution is 5.92. The van der Waals surface area contributed by atoms with Gasteiger partial charge < -0.3 is 14.4 Å². The van der Waals surface area contributed by atoms with E-state index in [0.717, 1.165) is 54.5 Å². The summed E-state index contributed by atoms with van der Waals surface area (Å²) in [4.78, 5) is 14.8. The number of fused-ring (bicyclic) bond motifs is 1. The lowest BCUT2D eigenvalue weighted by Crippen LogP contribution is -2.53. The van der Waals surface area contributed by atoms with Crippen molar-refractivity contribution in [3.63, 3.8) is 0 Å². The first-order valence-electron chi connectivity index (χ1n) is 9.84. The van der Waals surface area contributed by atoms with Crippen LogP contribution in [0.15, 0.2) is 12.1 Å². The van der Waals surface area contributed by atoms with Crippen molar-refractivity contribution in [1.29, 1.82) is 0 Å². The van der Waals surface area contributed by atoms with Gasteiger partial charge in [-0.1, -0.05) is 0 Å². The average Bonchev–Trinajstić information content (AvgIpc) is 3.50. The standard InChI is InChI=1S/C21H30N4O2/c1-21(2,3)25-10-8-24(9-11-25)20-15-12-17(26-4)18(27-5)13-16(15)22-19(23-20)14-6-7-14/h12-14H,6-11H2,1-5H3. The van der Waals surface area contributed by atoms with E-state index in [1.807, 2.05) is 12.1 Å². The quantitative estimate of drug-likeness (QED) is 0.822. The number of benzene rings is 1. The first kappa shape index (κ1) is 18.3. The summed E-state index contributed by atoms with van der Waals surface area (Å²) in [5.74, 6) is 3.97. The summed E-state index contributed by atoms with van der Waals surface area (Å²) in [6.07, 6.45) is 2.38. The van der Waals surface area contributed by atoms with Gasteiger partial charge in [-0.05, 0) is 39.7 Å². The molecular formula is C21H30N4O2. The Balaban J connectivity index is 1.74. The molecule has 146 valence electrons. The number of rotatable bonds is 4. The van der Waals surface area contributed by atoms with Crippen molar-refractivity contribution in [2.75, 3.05) is 45.3 Å². The van der Waals surface area contributed by atoms with Crippen LogP contribution in [0.2, 0.25) is 0 Å². The summed E-state index contributed by atoms with van der Waals surface area (Å²) in [6.45, 7) is 10.9. The number of hydrogen-bond donors (Lipinski definition) is 0. The van der Waals surface area contributed by atoms with Crippen molar-refractivity contribution in [3.05, 3.63) is 18.0 Å². The van der Waals surface area contributed by atoms with E-state index in [0.29, 0.717) is 11.7 Å². The van der Waals surface area contributed by atoms with Crippen LogP contribution in [0.4, 0.5) is 5.82 Å². The normalized spacial score (nSPS) is 18.8. The molecule has 0 atom stereocenters. The molecule has 2 aromatic rings. The van der Waals surface area contributed by atoms with E-state index in [9.17, 15) is 0 Å². The van der Waals surface area contributed by atoms with Crippen LogP contribution in [-0.2, 0) is 0 Å². The Morgan fingerprint density at radius 3 is 2.11 bits per heavy atom. The Morgan fingerprint density at radius 2 is 1.56 bits per heavy atom. The maximum absolute atomic E-state index is 5.53. The highest BCUT2D eigenvalue weighted by Gasteiger charge is 2.31. The summed E-state index contributed by atoms with van der Waals surface area (Å²) in [5, 5.41) is 1.04. The van der Waals surface area contributed by atoms with Crippen LogP contribution >= 0.6 is 0 Å². The number of nitrogens with zero attached hydrogens (tertiary/aromatic N) is 4. The molecule has 27 heavy (non-hydrogen) atoms. The van der Waals surface area contributed by atoms with E-state index < -0.39 is 0 Å². The van der Waals surface area contributed by atoms with Gasteiger partial charge in [0.2, 0.25) is 0 Å². The van der Waals surface area contributed by atoms with E-state index in [1.165, 1.54) is 12.8 Å². The lowest BCUT2D eigenvalue weighted by atomic mass is 10.0. The van der Waals surface area contributed by atoms with Gasteiger partial charge >= 0.3 is 0 Å². The zero-order valence-electron chi connectivity index (χ0n) is 17.1. The summed E-state index contributed by atoms with van der Waals surface area (Å²) < 4.78 is 11.0. The topological polar surface area (TPSA) is 50.7 Å². The summed E-state index contributed by atoms with van der Waals surface area (Å²) in [6, 6.07) is 4.01. The number of ether oxygens (including phenoxy) is 2. The molecule has 1 aromatic carbocycles. The zero-order valence-corrected chi connectivity index (χ0v) is 17.1. The third kappa shape index (κ3) is 3.55. The molecule has 0 N–H and O–H groups in total. The van der Waals surface area contributed by atoms with Crippen molar-refractivity contribution < 1.29 is 9.47 Å². The van der Waals surface area contributed by atoms with Crippen LogP contribution in [0.25, 0.3) is 10.9 Å². The molecule has 0 bridgehead atoms. The van der Waals surface area contributed by atoms with Crippen molar-refractivity contribution >= 4 is 16.7 Å². The van der Waals surface area contributed by atoms with E-state index in [4.69, 9.17) is 19.4 Å². The minimum atomic E-state index is 0.204. The minimum Gasteiger partial charge on any atom is -0.493 e. The maximum Gasteiger partial charge on any atom is 0.162 e. The van der Waals surface area contributed by atoms with Crippen LogP contribution in [0, 0.1) is 0 Å². The fourth-order valence-electron chi connectivity index (χ4n) is 3.81. The Morgan fingerprint density at radius 1 is 0.926 bits per heavy atom. The Labute approximate surface area is 161 Å². The van der Waals surface area contributed by atoms with Crippen LogP contribution in [0.5, 0.6) is 11.5 Å². The Kier molecular flexibility index (Phi) is 4.62. The van der Waals surface area contributed by atoms with Crippen LogP contribution in [0.3, 0.4) is 0 Å². The van der Waals surface area contributed by atoms with Crippen LogP contribution in [-0.4, -0.2) is 60.8 Å². The molecule has 6 heteroatoms. The van der Waals surface area contributed by atoms with Crippen LogP contribution < -0.4 is 14.4 Å². The van der Waals surface area contributed by atoms with Gasteiger partial charge in [-0.2, -0.15) is 0 Å². The third-order valence-electron chi connectivity index (χ3n) is 5.67. The SMILES string of the molecule is COc1cc2nc(C3CC3)nc(N3CCN(C(C)(C)C)CC3)c2cc1OC. The Hall–Kier alpha value is -2.08. The number of methoxy groups -OCH3 is 2. The minimum absolute atomic E-state index is 0.204. The highest BCUT2D eigenvalue weighted by atomic mass is 16.5. The summed E-state index contributed by atoms with van der Waals surface area (Å²) >= 11 is 0. The van der Waals surface area contributed by atoms with Crippen molar-refractivity contribution in [2.24, 2.45) is 0 Å². The van der Waals surface area contributed by atoms with E-state index in [-0.39, 0.29) is 5.54 Å². The highest BCUT2D eigenvalue weighted by Crippen LogP contribution is 2.42. The Bertz CT molecular complexity index is 834. The van der Waals surface area contributed by atoms with Gasteiger partial charge in [-0.15, -0.1) is 0 Å². The van der Waals surface area contributed by atoms with Gasteiger partial charge in [0, 0.05) is 49.1 Å². The molecule has 0 radical (unpaired) electrons. The number of anilines is 1. The van der Waals surface area contributed by atoms with Crippen molar-refractivity contribution in [3.8, 4) is 11.5 Å². The molecular weight excluding hydrogens is 340 g/mol. The molecule has 0 unspecified atom stereocenters. The molecule has 2 aliphatic rings. The van der Waals surface area contributed by atoms with Gasteiger partial charge in [0.15, 0.2) is 11.5 Å². The van der Waals surface area contributed by atoms with Gasteiger partial charge in [0.1, 0.15) is 11.6 Å². The van der Waals surface area contributed by atoms with E-state index >= 15 is 0 Å². The smallest absolute Gasteiger partial charge is 0.162 e. The third-order valence-corrected chi connectivity index (χ3v) is 5.67. The van der Waals surface area contributed by atoms with Gasteiger partial charge in [0.05, 0.1) is 19.7 Å². The summed E-state index contributed by atoms with van der Waals surface area (Å²) in [5.41, 5.74) is 1.15. The second-order valence-corrected chi connectivity index (χ2v) is 8.55. The summed E-state index contributed by atoms with van der Waals surface area (Å²) in [7, 11) is 3.34. The fraction of sp³-hybridized carbons (Fsp3) is 0.619. The molecule has 0 amide bonds. The molecule has 0 spiro atoms. The largest absolute Gasteiger partial charge is 0.493 e. The first-order valence-corrected chi connectivity index (χ1v) is 9.84.